The molecular weight excluding hydrogens is 265 g/mol. The predicted octanol–water partition coefficient (Wildman–Crippen LogP) is 1.04. The van der Waals surface area contributed by atoms with Gasteiger partial charge in [0.05, 0.1) is 18.9 Å². The first kappa shape index (κ1) is 17.9. The van der Waals surface area contributed by atoms with Crippen molar-refractivity contribution in [2.24, 2.45) is 0 Å². The minimum absolute atomic E-state index is 0.196. The van der Waals surface area contributed by atoms with Crippen LogP contribution in [0.15, 0.2) is 30.3 Å². The molecule has 1 aromatic carbocycles. The number of rotatable bonds is 3. The van der Waals surface area contributed by atoms with E-state index in [1.807, 2.05) is 0 Å². The van der Waals surface area contributed by atoms with Crippen molar-refractivity contribution in [1.82, 2.24) is 0 Å². The topological polar surface area (TPSA) is 96.3 Å². The number of carbonyl (C=O) groups is 2. The van der Waals surface area contributed by atoms with Crippen LogP contribution in [-0.2, 0) is 9.47 Å². The van der Waals surface area contributed by atoms with Gasteiger partial charge in [-0.2, -0.15) is 4.90 Å². The van der Waals surface area contributed by atoms with Crippen LogP contribution in [-0.4, -0.2) is 43.1 Å². The minimum atomic E-state index is -0.750. The van der Waals surface area contributed by atoms with Crippen molar-refractivity contribution in [3.63, 3.8) is 0 Å². The van der Waals surface area contributed by atoms with Gasteiger partial charge in [-0.25, -0.2) is 9.59 Å². The number of hydrogen-bond donors (Lipinski definition) is 2. The lowest BCUT2D eigenvalue weighted by molar-refractivity contribution is 0.140. The number of anilines is 1. The van der Waals surface area contributed by atoms with Crippen molar-refractivity contribution in [1.29, 1.82) is 0 Å². The molecular formula is C12H18BNO6. The lowest BCUT2D eigenvalue weighted by Gasteiger charge is -2.19. The molecule has 0 fully saturated rings. The summed E-state index contributed by atoms with van der Waals surface area (Å²) >= 11 is 0. The van der Waals surface area contributed by atoms with Crippen LogP contribution in [0.5, 0.6) is 0 Å². The van der Waals surface area contributed by atoms with Gasteiger partial charge in [0.2, 0.25) is 0 Å². The lowest BCUT2D eigenvalue weighted by Crippen LogP contribution is -2.37. The normalized spacial score (nSPS) is 8.80. The van der Waals surface area contributed by atoms with E-state index < -0.39 is 19.9 Å². The highest BCUT2D eigenvalue weighted by Crippen LogP contribution is 2.15. The molecule has 0 heterocycles. The first-order valence-electron chi connectivity index (χ1n) is 6.02. The molecule has 1 aromatic rings. The van der Waals surface area contributed by atoms with E-state index in [9.17, 15) is 9.59 Å². The Hall–Kier alpha value is -2.06. The van der Waals surface area contributed by atoms with Crippen LogP contribution in [0.3, 0.4) is 0 Å². The SMILES string of the molecule is CCOC(=O)N(C(=O)OCC)c1ccccc1.OBO. The van der Waals surface area contributed by atoms with Gasteiger partial charge in [-0.1, -0.05) is 18.2 Å². The van der Waals surface area contributed by atoms with Crippen molar-refractivity contribution < 1.29 is 29.1 Å². The number of amides is 2. The Morgan fingerprint density at radius 1 is 1.05 bits per heavy atom. The Morgan fingerprint density at radius 2 is 1.45 bits per heavy atom. The largest absolute Gasteiger partial charge is 0.449 e. The van der Waals surface area contributed by atoms with E-state index >= 15 is 0 Å². The summed E-state index contributed by atoms with van der Waals surface area (Å²) in [7, 11) is -0.750. The second kappa shape index (κ2) is 10.8. The monoisotopic (exact) mass is 283 g/mol. The zero-order chi connectivity index (χ0) is 15.4. The predicted molar refractivity (Wildman–Crippen MR) is 74.6 cm³/mol. The van der Waals surface area contributed by atoms with Gasteiger partial charge in [-0.05, 0) is 26.0 Å². The van der Waals surface area contributed by atoms with Crippen LogP contribution in [0.2, 0.25) is 0 Å². The molecule has 0 radical (unpaired) electrons. The van der Waals surface area contributed by atoms with Gasteiger partial charge >= 0.3 is 19.9 Å². The highest BCUT2D eigenvalue weighted by molar-refractivity contribution is 6.13. The maximum Gasteiger partial charge on any atom is 0.432 e. The van der Waals surface area contributed by atoms with Crippen LogP contribution in [0, 0.1) is 0 Å². The molecule has 0 saturated carbocycles. The van der Waals surface area contributed by atoms with Gasteiger partial charge in [-0.15, -0.1) is 0 Å². The van der Waals surface area contributed by atoms with Crippen molar-refractivity contribution in [2.45, 2.75) is 13.8 Å². The average molecular weight is 283 g/mol. The molecule has 0 aliphatic heterocycles. The third-order valence-corrected chi connectivity index (χ3v) is 1.92. The van der Waals surface area contributed by atoms with Gasteiger partial charge in [0, 0.05) is 0 Å². The minimum Gasteiger partial charge on any atom is -0.449 e. The van der Waals surface area contributed by atoms with Crippen LogP contribution < -0.4 is 4.90 Å². The van der Waals surface area contributed by atoms with Crippen molar-refractivity contribution in [3.8, 4) is 0 Å². The van der Waals surface area contributed by atoms with E-state index in [4.69, 9.17) is 19.5 Å². The quantitative estimate of drug-likeness (QED) is 0.805. The number of nitrogens with zero attached hydrogens (tertiary/aromatic N) is 1. The molecule has 8 heteroatoms. The molecule has 20 heavy (non-hydrogen) atoms. The maximum atomic E-state index is 11.7. The summed E-state index contributed by atoms with van der Waals surface area (Å²) in [4.78, 5) is 24.2. The highest BCUT2D eigenvalue weighted by atomic mass is 16.6. The van der Waals surface area contributed by atoms with Gasteiger partial charge in [0.15, 0.2) is 0 Å². The molecule has 2 N–H and O–H groups in total. The summed E-state index contributed by atoms with van der Waals surface area (Å²) in [5.74, 6) is 0. The summed E-state index contributed by atoms with van der Waals surface area (Å²) in [6.45, 7) is 3.74. The number of carbonyl (C=O) groups excluding carboxylic acids is 2. The van der Waals surface area contributed by atoms with E-state index in [0.717, 1.165) is 4.90 Å². The summed E-state index contributed by atoms with van der Waals surface area (Å²) in [5, 5.41) is 14.2. The van der Waals surface area contributed by atoms with Crippen LogP contribution in [0.4, 0.5) is 15.3 Å². The third-order valence-electron chi connectivity index (χ3n) is 1.92. The number of hydrogen-bond acceptors (Lipinski definition) is 6. The first-order chi connectivity index (χ1) is 9.62. The Bertz CT molecular complexity index is 382. The molecule has 7 nitrogen and oxygen atoms in total. The van der Waals surface area contributed by atoms with Crippen molar-refractivity contribution in [3.05, 3.63) is 30.3 Å². The molecule has 0 atom stereocenters. The van der Waals surface area contributed by atoms with Crippen LogP contribution >= 0.6 is 0 Å². The molecule has 0 spiro atoms. The second-order valence-corrected chi connectivity index (χ2v) is 3.21. The standard InChI is InChI=1S/C12H15NO4.BH3O2/c1-3-16-11(14)13(12(15)17-4-2)10-8-6-5-7-9-10;2-1-3/h5-9H,3-4H2,1-2H3;1-3H. The molecule has 0 aromatic heterocycles. The van der Waals surface area contributed by atoms with Gasteiger partial charge in [0.1, 0.15) is 0 Å². The zero-order valence-electron chi connectivity index (χ0n) is 11.5. The third kappa shape index (κ3) is 6.21. The summed E-state index contributed by atoms with van der Waals surface area (Å²) in [6, 6.07) is 8.50. The van der Waals surface area contributed by atoms with Gasteiger partial charge < -0.3 is 19.5 Å². The first-order valence-corrected chi connectivity index (χ1v) is 6.02. The Balaban J connectivity index is 0.00000110. The highest BCUT2D eigenvalue weighted by Gasteiger charge is 2.25. The fraction of sp³-hybridized carbons (Fsp3) is 0.333. The number of ether oxygens (including phenoxy) is 2. The Kier molecular flexibility index (Phi) is 9.72. The fourth-order valence-corrected chi connectivity index (χ4v) is 1.24. The summed E-state index contributed by atoms with van der Waals surface area (Å²) in [6.07, 6.45) is -1.48. The fourth-order valence-electron chi connectivity index (χ4n) is 1.24. The Labute approximate surface area is 118 Å². The van der Waals surface area contributed by atoms with Crippen LogP contribution in [0.1, 0.15) is 13.8 Å². The number of imide groups is 1. The van der Waals surface area contributed by atoms with Crippen molar-refractivity contribution >= 4 is 25.6 Å². The second-order valence-electron chi connectivity index (χ2n) is 3.21. The average Bonchev–Trinajstić information content (AvgIpc) is 2.41. The van der Waals surface area contributed by atoms with E-state index in [0.29, 0.717) is 5.69 Å². The molecule has 1 rings (SSSR count). The van der Waals surface area contributed by atoms with Gasteiger partial charge in [-0.3, -0.25) is 0 Å². The summed E-state index contributed by atoms with van der Waals surface area (Å²) in [5.41, 5.74) is 0.421. The zero-order valence-corrected chi connectivity index (χ0v) is 11.5. The summed E-state index contributed by atoms with van der Waals surface area (Å²) < 4.78 is 9.62. The molecule has 0 aliphatic carbocycles. The number of benzene rings is 1. The van der Waals surface area contributed by atoms with E-state index in [2.05, 4.69) is 0 Å². The van der Waals surface area contributed by atoms with E-state index in [1.54, 1.807) is 44.2 Å². The molecule has 110 valence electrons. The molecule has 0 bridgehead atoms. The Morgan fingerprint density at radius 3 is 1.80 bits per heavy atom. The maximum absolute atomic E-state index is 11.7. The smallest absolute Gasteiger partial charge is 0.432 e. The molecule has 0 saturated heterocycles. The van der Waals surface area contributed by atoms with E-state index in [-0.39, 0.29) is 13.2 Å². The lowest BCUT2D eigenvalue weighted by atomic mass is 10.3. The molecule has 0 unspecified atom stereocenters. The van der Waals surface area contributed by atoms with Crippen molar-refractivity contribution in [2.75, 3.05) is 18.1 Å². The van der Waals surface area contributed by atoms with Gasteiger partial charge in [0.25, 0.3) is 0 Å². The van der Waals surface area contributed by atoms with E-state index in [1.165, 1.54) is 0 Å². The number of para-hydroxylation sites is 1. The molecule has 2 amide bonds. The molecule has 0 aliphatic rings. The van der Waals surface area contributed by atoms with Crippen LogP contribution in [0.25, 0.3) is 0 Å².